The summed E-state index contributed by atoms with van der Waals surface area (Å²) >= 11 is 0. The van der Waals surface area contributed by atoms with Gasteiger partial charge in [-0.15, -0.1) is 0 Å². The van der Waals surface area contributed by atoms with Gasteiger partial charge < -0.3 is 10.3 Å². The lowest BCUT2D eigenvalue weighted by Gasteiger charge is -2.31. The minimum absolute atomic E-state index is 0.842. The van der Waals surface area contributed by atoms with Gasteiger partial charge in [-0.05, 0) is 63.4 Å². The Hall–Kier alpha value is -1.32. The van der Waals surface area contributed by atoms with Crippen molar-refractivity contribution >= 4 is 10.9 Å². The van der Waals surface area contributed by atoms with E-state index in [2.05, 4.69) is 46.9 Å². The molecule has 0 saturated carbocycles. The molecule has 1 fully saturated rings. The summed E-state index contributed by atoms with van der Waals surface area (Å²) in [6.45, 7) is 7.62. The summed E-state index contributed by atoms with van der Waals surface area (Å²) in [4.78, 5) is 2.61. The highest BCUT2D eigenvalue weighted by Gasteiger charge is 2.19. The molecule has 0 atom stereocenters. The Labute approximate surface area is 127 Å². The van der Waals surface area contributed by atoms with Crippen LogP contribution in [0.4, 0.5) is 0 Å². The van der Waals surface area contributed by atoms with E-state index < -0.39 is 0 Å². The maximum absolute atomic E-state index is 5.68. The number of aromatic nitrogens is 1. The molecule has 0 amide bonds. The molecule has 1 aromatic heterocycles. The van der Waals surface area contributed by atoms with Crippen LogP contribution >= 0.6 is 0 Å². The van der Waals surface area contributed by atoms with Crippen molar-refractivity contribution < 1.29 is 0 Å². The number of para-hydroxylation sites is 1. The Morgan fingerprint density at radius 2 is 1.95 bits per heavy atom. The summed E-state index contributed by atoms with van der Waals surface area (Å²) in [5.74, 6) is 0.850. The Kier molecular flexibility index (Phi) is 4.61. The van der Waals surface area contributed by atoms with Crippen LogP contribution in [0, 0.1) is 5.92 Å². The molecule has 1 aliphatic rings. The van der Waals surface area contributed by atoms with Crippen LogP contribution in [0.3, 0.4) is 0 Å². The molecule has 114 valence electrons. The average Bonchev–Trinajstić information content (AvgIpc) is 2.88. The van der Waals surface area contributed by atoms with E-state index in [1.807, 2.05) is 0 Å². The second-order valence-electron chi connectivity index (χ2n) is 6.25. The maximum Gasteiger partial charge on any atom is 0.0483 e. The summed E-state index contributed by atoms with van der Waals surface area (Å²) in [6, 6.07) is 8.78. The van der Waals surface area contributed by atoms with Crippen LogP contribution in [-0.2, 0) is 13.1 Å². The lowest BCUT2D eigenvalue weighted by molar-refractivity contribution is 0.174. The van der Waals surface area contributed by atoms with Crippen LogP contribution in [-0.4, -0.2) is 29.1 Å². The highest BCUT2D eigenvalue weighted by molar-refractivity contribution is 5.83. The maximum atomic E-state index is 5.68. The number of fused-ring (bicyclic) bond motifs is 1. The molecule has 0 radical (unpaired) electrons. The second-order valence-corrected chi connectivity index (χ2v) is 6.25. The van der Waals surface area contributed by atoms with Crippen LogP contribution in [0.1, 0.15) is 31.7 Å². The van der Waals surface area contributed by atoms with E-state index in [1.165, 1.54) is 48.8 Å². The zero-order valence-electron chi connectivity index (χ0n) is 13.1. The quantitative estimate of drug-likeness (QED) is 0.915. The van der Waals surface area contributed by atoms with E-state index in [-0.39, 0.29) is 0 Å². The van der Waals surface area contributed by atoms with Gasteiger partial charge in [-0.25, -0.2) is 0 Å². The fourth-order valence-corrected chi connectivity index (χ4v) is 3.62. The Balaban J connectivity index is 1.71. The van der Waals surface area contributed by atoms with E-state index in [4.69, 9.17) is 5.73 Å². The normalized spacial score (nSPS) is 17.6. The van der Waals surface area contributed by atoms with Crippen molar-refractivity contribution in [2.75, 3.05) is 19.6 Å². The molecule has 2 aromatic rings. The molecule has 21 heavy (non-hydrogen) atoms. The van der Waals surface area contributed by atoms with Crippen molar-refractivity contribution in [3.8, 4) is 0 Å². The van der Waals surface area contributed by atoms with Crippen molar-refractivity contribution in [2.24, 2.45) is 11.7 Å². The number of benzene rings is 1. The smallest absolute Gasteiger partial charge is 0.0483 e. The number of rotatable bonds is 5. The van der Waals surface area contributed by atoms with Gasteiger partial charge in [0, 0.05) is 30.2 Å². The monoisotopic (exact) mass is 285 g/mol. The second kappa shape index (κ2) is 6.63. The van der Waals surface area contributed by atoms with Gasteiger partial charge in [-0.3, -0.25) is 4.90 Å². The van der Waals surface area contributed by atoms with Crippen molar-refractivity contribution in [3.63, 3.8) is 0 Å². The number of aryl methyl sites for hydroxylation is 1. The third-order valence-electron chi connectivity index (χ3n) is 4.89. The first-order valence-corrected chi connectivity index (χ1v) is 8.31. The lowest BCUT2D eigenvalue weighted by Crippen LogP contribution is -2.33. The van der Waals surface area contributed by atoms with Gasteiger partial charge >= 0.3 is 0 Å². The number of piperidine rings is 1. The molecular formula is C18H27N3. The minimum Gasteiger partial charge on any atom is -0.347 e. The van der Waals surface area contributed by atoms with Gasteiger partial charge in [-0.1, -0.05) is 18.2 Å². The molecule has 2 N–H and O–H groups in total. The van der Waals surface area contributed by atoms with Gasteiger partial charge in [0.15, 0.2) is 0 Å². The van der Waals surface area contributed by atoms with E-state index >= 15 is 0 Å². The fourth-order valence-electron chi connectivity index (χ4n) is 3.62. The third kappa shape index (κ3) is 3.14. The summed E-state index contributed by atoms with van der Waals surface area (Å²) in [5, 5.41) is 1.42. The zero-order valence-corrected chi connectivity index (χ0v) is 13.1. The van der Waals surface area contributed by atoms with Gasteiger partial charge in [-0.2, -0.15) is 0 Å². The van der Waals surface area contributed by atoms with Crippen LogP contribution in [0.2, 0.25) is 0 Å². The van der Waals surface area contributed by atoms with Crippen molar-refractivity contribution in [1.82, 2.24) is 9.47 Å². The van der Waals surface area contributed by atoms with Crippen molar-refractivity contribution in [2.45, 2.75) is 39.3 Å². The molecule has 0 spiro atoms. The highest BCUT2D eigenvalue weighted by atomic mass is 15.1. The Morgan fingerprint density at radius 3 is 2.67 bits per heavy atom. The fraction of sp³-hybridized carbons (Fsp3) is 0.556. The van der Waals surface area contributed by atoms with Gasteiger partial charge in [0.2, 0.25) is 0 Å². The van der Waals surface area contributed by atoms with Crippen LogP contribution in [0.15, 0.2) is 30.5 Å². The Bertz CT molecular complexity index is 579. The van der Waals surface area contributed by atoms with E-state index in [0.29, 0.717) is 0 Å². The van der Waals surface area contributed by atoms with Crippen molar-refractivity contribution in [3.05, 3.63) is 36.0 Å². The highest BCUT2D eigenvalue weighted by Crippen LogP contribution is 2.25. The molecule has 1 aromatic carbocycles. The molecule has 3 rings (SSSR count). The largest absolute Gasteiger partial charge is 0.347 e. The molecular weight excluding hydrogens is 258 g/mol. The first-order chi connectivity index (χ1) is 10.3. The van der Waals surface area contributed by atoms with Gasteiger partial charge in [0.05, 0.1) is 0 Å². The van der Waals surface area contributed by atoms with Crippen LogP contribution in [0.5, 0.6) is 0 Å². The molecule has 1 saturated heterocycles. The predicted molar refractivity (Wildman–Crippen MR) is 89.3 cm³/mol. The van der Waals surface area contributed by atoms with E-state index in [0.717, 1.165) is 25.6 Å². The standard InChI is InChI=1S/C18H27N3/c1-2-21-14-16(17-5-3-4-6-18(17)21)13-20-11-8-15(7-10-19)9-12-20/h3-6,14-15H,2,7-13,19H2,1H3. The number of hydrogen-bond donors (Lipinski definition) is 1. The molecule has 0 bridgehead atoms. The predicted octanol–water partition coefficient (Wildman–Crippen LogP) is 3.22. The minimum atomic E-state index is 0.842. The Morgan fingerprint density at radius 1 is 1.19 bits per heavy atom. The molecule has 0 aliphatic carbocycles. The van der Waals surface area contributed by atoms with Crippen LogP contribution in [0.25, 0.3) is 10.9 Å². The third-order valence-corrected chi connectivity index (χ3v) is 4.89. The first-order valence-electron chi connectivity index (χ1n) is 8.31. The number of nitrogens with two attached hydrogens (primary N) is 1. The summed E-state index contributed by atoms with van der Waals surface area (Å²) in [7, 11) is 0. The molecule has 2 heterocycles. The van der Waals surface area contributed by atoms with Crippen LogP contribution < -0.4 is 5.73 Å². The summed E-state index contributed by atoms with van der Waals surface area (Å²) in [6.07, 6.45) is 6.16. The summed E-state index contributed by atoms with van der Waals surface area (Å²) < 4.78 is 2.37. The number of hydrogen-bond acceptors (Lipinski definition) is 2. The topological polar surface area (TPSA) is 34.2 Å². The summed E-state index contributed by atoms with van der Waals surface area (Å²) in [5.41, 5.74) is 8.53. The SMILES string of the molecule is CCn1cc(CN2CCC(CCN)CC2)c2ccccc21. The average molecular weight is 285 g/mol. The van der Waals surface area contributed by atoms with E-state index in [9.17, 15) is 0 Å². The number of likely N-dealkylation sites (tertiary alicyclic amines) is 1. The first kappa shape index (κ1) is 14.6. The van der Waals surface area contributed by atoms with E-state index in [1.54, 1.807) is 0 Å². The molecule has 1 aliphatic heterocycles. The van der Waals surface area contributed by atoms with Gasteiger partial charge in [0.25, 0.3) is 0 Å². The van der Waals surface area contributed by atoms with Crippen molar-refractivity contribution in [1.29, 1.82) is 0 Å². The molecule has 0 unspecified atom stereocenters. The molecule has 3 nitrogen and oxygen atoms in total. The lowest BCUT2D eigenvalue weighted by atomic mass is 9.93. The molecule has 3 heteroatoms. The zero-order chi connectivity index (χ0) is 14.7. The van der Waals surface area contributed by atoms with Gasteiger partial charge in [0.1, 0.15) is 0 Å². The number of nitrogens with zero attached hydrogens (tertiary/aromatic N) is 2.